The lowest BCUT2D eigenvalue weighted by Crippen LogP contribution is -2.15. The molecule has 0 aliphatic carbocycles. The summed E-state index contributed by atoms with van der Waals surface area (Å²) in [6.07, 6.45) is 0. The number of nitrogens with two attached hydrogens (primary N) is 2. The molecule has 0 saturated carbocycles. The average molecular weight is 594 g/mol. The first-order valence-electron chi connectivity index (χ1n) is 9.70. The van der Waals surface area contributed by atoms with Crippen LogP contribution in [0.5, 0.6) is 0 Å². The van der Waals surface area contributed by atoms with Crippen LogP contribution in [0.25, 0.3) is 16.7 Å². The molecule has 0 bridgehead atoms. The van der Waals surface area contributed by atoms with E-state index in [4.69, 9.17) is 16.8 Å². The van der Waals surface area contributed by atoms with Gasteiger partial charge in [0, 0.05) is 14.7 Å². The Labute approximate surface area is 211 Å². The summed E-state index contributed by atoms with van der Waals surface area (Å²) in [4.78, 5) is 13.0. The number of hydrogen-bond donors (Lipinski definition) is 4. The fourth-order valence-corrected chi connectivity index (χ4v) is 4.44. The van der Waals surface area contributed by atoms with Gasteiger partial charge in [0.1, 0.15) is 0 Å². The molecule has 0 fully saturated rings. The monoisotopic (exact) mass is 594 g/mol. The maximum absolute atomic E-state index is 14.9. The summed E-state index contributed by atoms with van der Waals surface area (Å²) in [5, 5.41) is 14.3. The van der Waals surface area contributed by atoms with Crippen LogP contribution < -0.4 is 16.9 Å². The van der Waals surface area contributed by atoms with E-state index in [-0.39, 0.29) is 11.4 Å². The van der Waals surface area contributed by atoms with Crippen LogP contribution in [-0.4, -0.2) is 21.2 Å². The zero-order valence-corrected chi connectivity index (χ0v) is 20.8. The molecular weight excluding hydrogens is 574 g/mol. The molecule has 1 unspecified atom stereocenters. The molecule has 11 heteroatoms. The van der Waals surface area contributed by atoms with Crippen molar-refractivity contribution >= 4 is 56.7 Å². The van der Waals surface area contributed by atoms with Crippen LogP contribution in [0.15, 0.2) is 82.6 Å². The predicted octanol–water partition coefficient (Wildman–Crippen LogP) is 4.30. The van der Waals surface area contributed by atoms with Crippen LogP contribution in [-0.2, 0) is 20.2 Å². The van der Waals surface area contributed by atoms with Gasteiger partial charge in [-0.05, 0) is 70.5 Å². The molecule has 34 heavy (non-hydrogen) atoms. The van der Waals surface area contributed by atoms with E-state index in [1.54, 1.807) is 60.7 Å². The average Bonchev–Trinajstić information content (AvgIpc) is 2.87. The Balaban J connectivity index is 1.87. The van der Waals surface area contributed by atoms with Crippen molar-refractivity contribution in [3.05, 3.63) is 87.3 Å². The molecule has 176 valence electrons. The second-order valence-corrected chi connectivity index (χ2v) is 9.24. The number of carbonyl (C=O) groups excluding carboxylic acids is 1. The van der Waals surface area contributed by atoms with E-state index in [0.717, 1.165) is 5.56 Å². The Morgan fingerprint density at radius 2 is 1.82 bits per heavy atom. The third kappa shape index (κ3) is 5.67. The highest BCUT2D eigenvalue weighted by atomic mass is 127. The third-order valence-corrected chi connectivity index (χ3v) is 6.69. The Bertz CT molecular complexity index is 1330. The molecule has 0 aliphatic heterocycles. The molecule has 3 rings (SSSR count). The fourth-order valence-electron chi connectivity index (χ4n) is 3.13. The van der Waals surface area contributed by atoms with Gasteiger partial charge in [0.25, 0.3) is 5.91 Å². The van der Waals surface area contributed by atoms with Crippen LogP contribution in [0.3, 0.4) is 0 Å². The molecule has 3 aromatic carbocycles. The van der Waals surface area contributed by atoms with Crippen molar-refractivity contribution in [2.45, 2.75) is 11.8 Å². The first-order chi connectivity index (χ1) is 16.3. The van der Waals surface area contributed by atoms with Crippen LogP contribution >= 0.6 is 22.6 Å². The fraction of sp³-hybridized carbons (Fsp3) is 0.0435. The van der Waals surface area contributed by atoms with Gasteiger partial charge in [0.2, 0.25) is 11.1 Å². The van der Waals surface area contributed by atoms with E-state index in [2.05, 4.69) is 14.8 Å². The lowest BCUT2D eigenvalue weighted by atomic mass is 10.0. The van der Waals surface area contributed by atoms with E-state index in [1.807, 2.05) is 22.6 Å². The minimum absolute atomic E-state index is 0.0925. The summed E-state index contributed by atoms with van der Waals surface area (Å²) in [6, 6.07) is 18.3. The normalized spacial score (nSPS) is 13.2. The van der Waals surface area contributed by atoms with Gasteiger partial charge < -0.3 is 16.3 Å². The number of amides is 1. The number of allylic oxidation sites excluding steroid dienone is 1. The summed E-state index contributed by atoms with van der Waals surface area (Å²) in [7, 11) is 0. The number of oxime groups is 1. The molecular formula is C23H20FIN4O4S. The molecule has 3 aromatic rings. The summed E-state index contributed by atoms with van der Waals surface area (Å²) >= 11 is 0.179. The van der Waals surface area contributed by atoms with Crippen molar-refractivity contribution in [3.8, 4) is 11.1 Å². The van der Waals surface area contributed by atoms with Crippen LogP contribution in [0, 0.1) is 3.57 Å². The van der Waals surface area contributed by atoms with E-state index in [0.29, 0.717) is 30.8 Å². The van der Waals surface area contributed by atoms with Gasteiger partial charge >= 0.3 is 0 Å². The first kappa shape index (κ1) is 25.5. The van der Waals surface area contributed by atoms with Crippen molar-refractivity contribution in [1.29, 1.82) is 0 Å². The zero-order valence-electron chi connectivity index (χ0n) is 17.8. The van der Waals surface area contributed by atoms with Gasteiger partial charge in [-0.1, -0.05) is 47.6 Å². The highest BCUT2D eigenvalue weighted by Gasteiger charge is 2.17. The summed E-state index contributed by atoms with van der Waals surface area (Å²) in [5.41, 5.74) is 8.24. The van der Waals surface area contributed by atoms with Gasteiger partial charge in [-0.2, -0.15) is 10.2 Å². The molecule has 0 saturated heterocycles. The smallest absolute Gasteiger partial charge is 0.284 e. The quantitative estimate of drug-likeness (QED) is 0.0803. The lowest BCUT2D eigenvalue weighted by molar-refractivity contribution is -0.114. The third-order valence-electron chi connectivity index (χ3n) is 4.91. The Kier molecular flexibility index (Phi) is 8.50. The van der Waals surface area contributed by atoms with Crippen LogP contribution in [0.2, 0.25) is 0 Å². The Hall–Kier alpha value is -3.13. The number of amidine groups is 1. The number of halogens is 2. The number of nitrogens with zero attached hydrogens (tertiary/aromatic N) is 1. The van der Waals surface area contributed by atoms with Gasteiger partial charge in [-0.15, -0.1) is 0 Å². The Morgan fingerprint density at radius 1 is 1.12 bits per heavy atom. The predicted molar refractivity (Wildman–Crippen MR) is 138 cm³/mol. The minimum atomic E-state index is -1.84. The summed E-state index contributed by atoms with van der Waals surface area (Å²) < 4.78 is 32.1. The van der Waals surface area contributed by atoms with Crippen molar-refractivity contribution in [1.82, 2.24) is 0 Å². The number of hydrogen-bond acceptors (Lipinski definition) is 6. The molecule has 6 N–H and O–H groups in total. The van der Waals surface area contributed by atoms with Crippen molar-refractivity contribution in [2.75, 3.05) is 5.32 Å². The lowest BCUT2D eigenvalue weighted by Gasteiger charge is -2.12. The largest absolute Gasteiger partial charge is 0.409 e. The molecule has 1 atom stereocenters. The number of anilines is 1. The second kappa shape index (κ2) is 11.3. The molecule has 1 amide bonds. The summed E-state index contributed by atoms with van der Waals surface area (Å²) in [6.45, 7) is 1.46. The van der Waals surface area contributed by atoms with Crippen molar-refractivity contribution in [3.63, 3.8) is 0 Å². The van der Waals surface area contributed by atoms with Gasteiger partial charge in [-0.25, -0.2) is 8.60 Å². The van der Waals surface area contributed by atoms with Gasteiger partial charge in [0.15, 0.2) is 11.7 Å². The molecule has 0 spiro atoms. The summed E-state index contributed by atoms with van der Waals surface area (Å²) in [5.74, 6) is 3.05. The van der Waals surface area contributed by atoms with Crippen molar-refractivity contribution in [2.24, 2.45) is 16.8 Å². The standard InChI is InChI=1S/C23H20FIN4O4S/c1-13(14-5-4-6-16(11-14)22(26)29-31)21(24)23(30)28-19-10-9-15(12-18(19)25)17-7-2-3-8-20(17)34(32)33-27/h2-12,31H,27H2,1H3,(H2,26,29)(H,28,30). The SMILES string of the molecule is CC(=C(F)C(=O)Nc1ccc(-c2ccccc2S(=O)ON)cc1I)c1cccc(C(N)=NO)c1. The number of nitrogens with one attached hydrogen (secondary N) is 1. The van der Waals surface area contributed by atoms with Gasteiger partial charge in [0.05, 0.1) is 10.6 Å². The molecule has 8 nitrogen and oxygen atoms in total. The van der Waals surface area contributed by atoms with Crippen molar-refractivity contribution < 1.29 is 22.9 Å². The molecule has 0 aliphatic rings. The van der Waals surface area contributed by atoms with E-state index in [1.165, 1.54) is 13.0 Å². The van der Waals surface area contributed by atoms with Gasteiger partial charge in [-0.3, -0.25) is 4.79 Å². The maximum atomic E-state index is 14.9. The van der Waals surface area contributed by atoms with E-state index < -0.39 is 22.8 Å². The van der Waals surface area contributed by atoms with Crippen LogP contribution in [0.1, 0.15) is 18.1 Å². The first-order valence-corrected chi connectivity index (χ1v) is 11.9. The second-order valence-electron chi connectivity index (χ2n) is 6.98. The number of benzene rings is 3. The molecule has 0 aromatic heterocycles. The number of carbonyl (C=O) groups is 1. The van der Waals surface area contributed by atoms with E-state index in [9.17, 15) is 13.4 Å². The number of rotatable bonds is 7. The zero-order chi connectivity index (χ0) is 24.8. The highest BCUT2D eigenvalue weighted by molar-refractivity contribution is 14.1. The highest BCUT2D eigenvalue weighted by Crippen LogP contribution is 2.31. The molecule has 0 radical (unpaired) electrons. The maximum Gasteiger partial charge on any atom is 0.284 e. The van der Waals surface area contributed by atoms with Crippen LogP contribution in [0.4, 0.5) is 10.1 Å². The topological polar surface area (TPSA) is 140 Å². The van der Waals surface area contributed by atoms with E-state index >= 15 is 0 Å². The molecule has 0 heterocycles. The minimum Gasteiger partial charge on any atom is -0.409 e. The Morgan fingerprint density at radius 3 is 2.50 bits per heavy atom.